The number of aromatic nitrogens is 2. The fourth-order valence-corrected chi connectivity index (χ4v) is 2.17. The van der Waals surface area contributed by atoms with Crippen LogP contribution in [0.3, 0.4) is 0 Å². The molecule has 7 heteroatoms. The topological polar surface area (TPSA) is 67.4 Å². The Bertz CT molecular complexity index is 530. The van der Waals surface area contributed by atoms with E-state index >= 15 is 0 Å². The van der Waals surface area contributed by atoms with E-state index in [4.69, 9.17) is 16.3 Å². The molecule has 2 rings (SSSR count). The maximum atomic E-state index is 12.0. The summed E-state index contributed by atoms with van der Waals surface area (Å²) in [6, 6.07) is 0.123. The lowest BCUT2D eigenvalue weighted by atomic mass is 10.2. The van der Waals surface area contributed by atoms with Crippen molar-refractivity contribution in [3.63, 3.8) is 0 Å². The second-order valence-corrected chi connectivity index (χ2v) is 6.59. The van der Waals surface area contributed by atoms with Gasteiger partial charge in [0.2, 0.25) is 5.95 Å². The van der Waals surface area contributed by atoms with Crippen LogP contribution < -0.4 is 5.32 Å². The number of halogens is 1. The van der Waals surface area contributed by atoms with Crippen molar-refractivity contribution in [2.45, 2.75) is 45.8 Å². The minimum absolute atomic E-state index is 0.123. The highest BCUT2D eigenvalue weighted by Crippen LogP contribution is 2.18. The summed E-state index contributed by atoms with van der Waals surface area (Å²) >= 11 is 5.90. The average molecular weight is 313 g/mol. The van der Waals surface area contributed by atoms with Gasteiger partial charge in [-0.1, -0.05) is 11.6 Å². The summed E-state index contributed by atoms with van der Waals surface area (Å²) in [5.74, 6) is 0.535. The molecule has 0 saturated carbocycles. The molecule has 1 atom stereocenters. The minimum atomic E-state index is -0.473. The highest BCUT2D eigenvalue weighted by molar-refractivity contribution is 6.31. The van der Waals surface area contributed by atoms with Crippen LogP contribution in [0.25, 0.3) is 0 Å². The number of carbonyl (C=O) groups excluding carboxylic acids is 1. The molecule has 1 N–H and O–H groups in total. The quantitative estimate of drug-likeness (QED) is 0.909. The molecule has 1 saturated heterocycles. The third kappa shape index (κ3) is 4.46. The van der Waals surface area contributed by atoms with Gasteiger partial charge in [-0.05, 0) is 34.1 Å². The van der Waals surface area contributed by atoms with E-state index in [9.17, 15) is 4.79 Å². The van der Waals surface area contributed by atoms with Crippen molar-refractivity contribution in [3.05, 3.63) is 16.9 Å². The molecule has 0 unspecified atom stereocenters. The highest BCUT2D eigenvalue weighted by atomic mass is 35.5. The van der Waals surface area contributed by atoms with Crippen LogP contribution in [-0.2, 0) is 4.74 Å². The summed E-state index contributed by atoms with van der Waals surface area (Å²) in [6.07, 6.45) is 2.14. The predicted molar refractivity (Wildman–Crippen MR) is 81.6 cm³/mol. The van der Waals surface area contributed by atoms with Crippen molar-refractivity contribution >= 4 is 23.6 Å². The van der Waals surface area contributed by atoms with Gasteiger partial charge in [-0.15, -0.1) is 0 Å². The molecule has 1 aromatic rings. The van der Waals surface area contributed by atoms with Gasteiger partial charge in [0.05, 0.1) is 16.9 Å². The first-order chi connectivity index (χ1) is 9.74. The number of hydrogen-bond donors (Lipinski definition) is 1. The van der Waals surface area contributed by atoms with Crippen molar-refractivity contribution in [2.75, 3.05) is 18.4 Å². The van der Waals surface area contributed by atoms with E-state index < -0.39 is 5.60 Å². The molecule has 1 aliphatic rings. The molecule has 0 aliphatic carbocycles. The zero-order chi connectivity index (χ0) is 15.6. The SMILES string of the molecule is Cc1nc(N[C@H]2CCN(C(=O)OC(C)(C)C)C2)ncc1Cl. The summed E-state index contributed by atoms with van der Waals surface area (Å²) in [5.41, 5.74) is 0.259. The number of aryl methyl sites for hydroxylation is 1. The van der Waals surface area contributed by atoms with E-state index in [0.29, 0.717) is 24.1 Å². The Kier molecular flexibility index (Phi) is 4.56. The van der Waals surface area contributed by atoms with Crippen LogP contribution in [0.1, 0.15) is 32.9 Å². The lowest BCUT2D eigenvalue weighted by Crippen LogP contribution is -2.36. The first-order valence-electron chi connectivity index (χ1n) is 6.98. The zero-order valence-corrected chi connectivity index (χ0v) is 13.6. The Morgan fingerprint density at radius 3 is 2.86 bits per heavy atom. The molecule has 1 aliphatic heterocycles. The van der Waals surface area contributed by atoms with Crippen LogP contribution in [0, 0.1) is 6.92 Å². The maximum Gasteiger partial charge on any atom is 0.410 e. The van der Waals surface area contributed by atoms with Gasteiger partial charge in [0, 0.05) is 19.1 Å². The summed E-state index contributed by atoms with van der Waals surface area (Å²) < 4.78 is 5.37. The number of rotatable bonds is 2. The van der Waals surface area contributed by atoms with Crippen LogP contribution in [0.2, 0.25) is 5.02 Å². The summed E-state index contributed by atoms with van der Waals surface area (Å²) in [7, 11) is 0. The smallest absolute Gasteiger partial charge is 0.410 e. The van der Waals surface area contributed by atoms with Crippen molar-refractivity contribution in [2.24, 2.45) is 0 Å². The lowest BCUT2D eigenvalue weighted by Gasteiger charge is -2.24. The van der Waals surface area contributed by atoms with Crippen molar-refractivity contribution in [1.82, 2.24) is 14.9 Å². The van der Waals surface area contributed by atoms with E-state index in [1.54, 1.807) is 11.1 Å². The normalized spacial score (nSPS) is 18.7. The van der Waals surface area contributed by atoms with Gasteiger partial charge in [0.15, 0.2) is 0 Å². The van der Waals surface area contributed by atoms with Crippen LogP contribution in [-0.4, -0.2) is 45.7 Å². The molecule has 1 amide bonds. The maximum absolute atomic E-state index is 12.0. The Morgan fingerprint density at radius 2 is 2.24 bits per heavy atom. The number of anilines is 1. The molecular formula is C14H21ClN4O2. The van der Waals surface area contributed by atoms with E-state index in [2.05, 4.69) is 15.3 Å². The predicted octanol–water partition coefficient (Wildman–Crippen LogP) is 2.86. The molecule has 0 bridgehead atoms. The van der Waals surface area contributed by atoms with E-state index in [1.165, 1.54) is 0 Å². The van der Waals surface area contributed by atoms with Crippen LogP contribution >= 0.6 is 11.6 Å². The van der Waals surface area contributed by atoms with Gasteiger partial charge >= 0.3 is 6.09 Å². The number of hydrogen-bond acceptors (Lipinski definition) is 5. The molecule has 2 heterocycles. The molecule has 21 heavy (non-hydrogen) atoms. The fraction of sp³-hybridized carbons (Fsp3) is 0.643. The Balaban J connectivity index is 1.90. The van der Waals surface area contributed by atoms with Gasteiger partial charge < -0.3 is 15.0 Å². The Labute approximate surface area is 129 Å². The van der Waals surface area contributed by atoms with E-state index in [-0.39, 0.29) is 12.1 Å². The summed E-state index contributed by atoms with van der Waals surface area (Å²) in [5, 5.41) is 3.77. The van der Waals surface area contributed by atoms with Gasteiger partial charge in [0.1, 0.15) is 5.60 Å². The third-order valence-corrected chi connectivity index (χ3v) is 3.46. The standard InChI is InChI=1S/C14H21ClN4O2/c1-9-11(15)7-16-12(17-9)18-10-5-6-19(8-10)13(20)21-14(2,3)4/h7,10H,5-6,8H2,1-4H3,(H,16,17,18)/t10-/m0/s1. The zero-order valence-electron chi connectivity index (χ0n) is 12.8. The number of nitrogens with zero attached hydrogens (tertiary/aromatic N) is 3. The van der Waals surface area contributed by atoms with Crippen LogP contribution in [0.15, 0.2) is 6.20 Å². The number of amides is 1. The molecule has 1 aromatic heterocycles. The lowest BCUT2D eigenvalue weighted by molar-refractivity contribution is 0.0293. The molecule has 116 valence electrons. The largest absolute Gasteiger partial charge is 0.444 e. The first-order valence-corrected chi connectivity index (χ1v) is 7.36. The van der Waals surface area contributed by atoms with E-state index in [0.717, 1.165) is 12.1 Å². The van der Waals surface area contributed by atoms with Crippen molar-refractivity contribution in [3.8, 4) is 0 Å². The highest BCUT2D eigenvalue weighted by Gasteiger charge is 2.30. The van der Waals surface area contributed by atoms with Gasteiger partial charge in [-0.25, -0.2) is 14.8 Å². The monoisotopic (exact) mass is 312 g/mol. The minimum Gasteiger partial charge on any atom is -0.444 e. The van der Waals surface area contributed by atoms with Gasteiger partial charge in [0.25, 0.3) is 0 Å². The summed E-state index contributed by atoms with van der Waals surface area (Å²) in [4.78, 5) is 22.1. The Morgan fingerprint density at radius 1 is 1.52 bits per heavy atom. The van der Waals surface area contributed by atoms with Gasteiger partial charge in [-0.3, -0.25) is 0 Å². The molecule has 0 aromatic carbocycles. The van der Waals surface area contributed by atoms with Crippen molar-refractivity contribution in [1.29, 1.82) is 0 Å². The third-order valence-electron chi connectivity index (χ3n) is 3.09. The van der Waals surface area contributed by atoms with E-state index in [1.807, 2.05) is 27.7 Å². The number of likely N-dealkylation sites (tertiary alicyclic amines) is 1. The average Bonchev–Trinajstić information content (AvgIpc) is 2.80. The second-order valence-electron chi connectivity index (χ2n) is 6.18. The molecular weight excluding hydrogens is 292 g/mol. The fourth-order valence-electron chi connectivity index (χ4n) is 2.07. The van der Waals surface area contributed by atoms with Gasteiger partial charge in [-0.2, -0.15) is 0 Å². The molecule has 6 nitrogen and oxygen atoms in total. The summed E-state index contributed by atoms with van der Waals surface area (Å²) in [6.45, 7) is 8.67. The molecule has 0 spiro atoms. The first kappa shape index (κ1) is 15.8. The van der Waals surface area contributed by atoms with Crippen LogP contribution in [0.5, 0.6) is 0 Å². The molecule has 0 radical (unpaired) electrons. The van der Waals surface area contributed by atoms with Crippen LogP contribution in [0.4, 0.5) is 10.7 Å². The number of nitrogens with one attached hydrogen (secondary N) is 1. The molecule has 1 fully saturated rings. The number of ether oxygens (including phenoxy) is 1. The van der Waals surface area contributed by atoms with Crippen molar-refractivity contribution < 1.29 is 9.53 Å². The number of carbonyl (C=O) groups is 1. The second kappa shape index (κ2) is 6.05. The Hall–Kier alpha value is -1.56.